The summed E-state index contributed by atoms with van der Waals surface area (Å²) in [5.74, 6) is 0. The minimum Gasteiger partial charge on any atom is -0.313 e. The van der Waals surface area contributed by atoms with Gasteiger partial charge in [-0.15, -0.1) is 0 Å². The maximum absolute atomic E-state index is 3.68. The van der Waals surface area contributed by atoms with E-state index in [4.69, 9.17) is 0 Å². The number of nitrogens with one attached hydrogen (secondary N) is 1. The number of rotatable bonds is 10. The van der Waals surface area contributed by atoms with Crippen molar-refractivity contribution in [1.29, 1.82) is 0 Å². The lowest BCUT2D eigenvalue weighted by Gasteiger charge is -2.12. The van der Waals surface area contributed by atoms with Crippen molar-refractivity contribution in [2.45, 2.75) is 70.8 Å². The molecule has 0 spiro atoms. The van der Waals surface area contributed by atoms with E-state index in [-0.39, 0.29) is 0 Å². The van der Waals surface area contributed by atoms with Crippen molar-refractivity contribution in [3.63, 3.8) is 0 Å². The first kappa shape index (κ1) is 15.0. The Morgan fingerprint density at radius 1 is 1.00 bits per heavy atom. The summed E-state index contributed by atoms with van der Waals surface area (Å²) in [5, 5.41) is 3.68. The number of likely N-dealkylation sites (tertiary alicyclic amines) is 1. The van der Waals surface area contributed by atoms with Crippen molar-refractivity contribution in [2.24, 2.45) is 0 Å². The van der Waals surface area contributed by atoms with Gasteiger partial charge in [0.15, 0.2) is 0 Å². The van der Waals surface area contributed by atoms with Gasteiger partial charge in [-0.05, 0) is 33.0 Å². The average molecular weight is 240 g/mol. The van der Waals surface area contributed by atoms with Crippen LogP contribution in [0.1, 0.15) is 64.7 Å². The molecule has 0 aliphatic carbocycles. The molecule has 1 N–H and O–H groups in total. The van der Waals surface area contributed by atoms with E-state index in [9.17, 15) is 0 Å². The molecule has 0 saturated carbocycles. The Hall–Kier alpha value is -0.0800. The third kappa shape index (κ3) is 7.77. The summed E-state index contributed by atoms with van der Waals surface area (Å²) in [6.45, 7) is 6.03. The van der Waals surface area contributed by atoms with Crippen molar-refractivity contribution >= 4 is 0 Å². The highest BCUT2D eigenvalue weighted by Gasteiger charge is 2.17. The zero-order valence-corrected chi connectivity index (χ0v) is 12.0. The highest BCUT2D eigenvalue weighted by Crippen LogP contribution is 2.09. The van der Waals surface area contributed by atoms with Gasteiger partial charge in [0.1, 0.15) is 0 Å². The van der Waals surface area contributed by atoms with Crippen LogP contribution in [0.4, 0.5) is 0 Å². The van der Waals surface area contributed by atoms with Crippen LogP contribution in [0.2, 0.25) is 0 Å². The molecule has 2 nitrogen and oxygen atoms in total. The lowest BCUT2D eigenvalue weighted by atomic mass is 10.1. The summed E-state index contributed by atoms with van der Waals surface area (Å²) >= 11 is 0. The Morgan fingerprint density at radius 2 is 1.65 bits per heavy atom. The molecular weight excluding hydrogens is 208 g/mol. The lowest BCUT2D eigenvalue weighted by molar-refractivity contribution is 0.396. The zero-order chi connectivity index (χ0) is 12.3. The van der Waals surface area contributed by atoms with E-state index in [2.05, 4.69) is 24.2 Å². The normalized spacial score (nSPS) is 21.2. The number of unbranched alkanes of at least 4 members (excludes halogenated alkanes) is 7. The van der Waals surface area contributed by atoms with Crippen LogP contribution >= 0.6 is 0 Å². The van der Waals surface area contributed by atoms with Gasteiger partial charge in [-0.3, -0.25) is 0 Å². The Labute approximate surface area is 108 Å². The van der Waals surface area contributed by atoms with E-state index in [1.807, 2.05) is 0 Å². The fraction of sp³-hybridized carbons (Fsp3) is 1.00. The van der Waals surface area contributed by atoms with Crippen LogP contribution in [0.15, 0.2) is 0 Å². The van der Waals surface area contributed by atoms with E-state index in [0.29, 0.717) is 0 Å². The molecule has 0 bridgehead atoms. The predicted octanol–water partition coefficient (Wildman–Crippen LogP) is 3.42. The first-order valence-corrected chi connectivity index (χ1v) is 7.75. The lowest BCUT2D eigenvalue weighted by Crippen LogP contribution is -2.32. The van der Waals surface area contributed by atoms with Gasteiger partial charge in [-0.2, -0.15) is 0 Å². The van der Waals surface area contributed by atoms with Gasteiger partial charge >= 0.3 is 0 Å². The fourth-order valence-corrected chi connectivity index (χ4v) is 2.67. The highest BCUT2D eigenvalue weighted by molar-refractivity contribution is 4.78. The van der Waals surface area contributed by atoms with Crippen molar-refractivity contribution in [1.82, 2.24) is 10.2 Å². The number of nitrogens with zero attached hydrogens (tertiary/aromatic N) is 1. The van der Waals surface area contributed by atoms with Crippen LogP contribution in [-0.4, -0.2) is 37.6 Å². The predicted molar refractivity (Wildman–Crippen MR) is 76.5 cm³/mol. The number of hydrogen-bond acceptors (Lipinski definition) is 2. The molecular formula is C15H32N2. The second-order valence-corrected chi connectivity index (χ2v) is 5.68. The monoisotopic (exact) mass is 240 g/mol. The minimum absolute atomic E-state index is 0.768. The van der Waals surface area contributed by atoms with E-state index < -0.39 is 0 Å². The van der Waals surface area contributed by atoms with Gasteiger partial charge in [0.05, 0.1) is 0 Å². The molecule has 1 atom stereocenters. The first-order valence-electron chi connectivity index (χ1n) is 7.75. The summed E-state index contributed by atoms with van der Waals surface area (Å²) in [5.41, 5.74) is 0. The van der Waals surface area contributed by atoms with E-state index in [0.717, 1.165) is 6.04 Å². The molecule has 0 aromatic heterocycles. The summed E-state index contributed by atoms with van der Waals surface area (Å²) in [7, 11) is 2.22. The minimum atomic E-state index is 0.768. The topological polar surface area (TPSA) is 15.3 Å². The zero-order valence-electron chi connectivity index (χ0n) is 12.0. The van der Waals surface area contributed by atoms with Crippen LogP contribution in [0.5, 0.6) is 0 Å². The number of hydrogen-bond donors (Lipinski definition) is 1. The molecule has 0 aromatic rings. The van der Waals surface area contributed by atoms with Gasteiger partial charge < -0.3 is 10.2 Å². The maximum atomic E-state index is 3.68. The summed E-state index contributed by atoms with van der Waals surface area (Å²) in [6.07, 6.45) is 12.7. The first-order chi connectivity index (χ1) is 8.33. The molecule has 1 rings (SSSR count). The molecule has 0 aromatic carbocycles. The molecule has 2 heteroatoms. The van der Waals surface area contributed by atoms with Crippen molar-refractivity contribution < 1.29 is 0 Å². The van der Waals surface area contributed by atoms with Crippen LogP contribution < -0.4 is 5.32 Å². The second kappa shape index (κ2) is 9.90. The molecule has 102 valence electrons. The van der Waals surface area contributed by atoms with E-state index in [1.54, 1.807) is 0 Å². The van der Waals surface area contributed by atoms with Gasteiger partial charge in [0.2, 0.25) is 0 Å². The van der Waals surface area contributed by atoms with E-state index >= 15 is 0 Å². The van der Waals surface area contributed by atoms with Crippen molar-refractivity contribution in [2.75, 3.05) is 26.7 Å². The molecule has 1 aliphatic heterocycles. The summed E-state index contributed by atoms with van der Waals surface area (Å²) < 4.78 is 0. The molecule has 17 heavy (non-hydrogen) atoms. The van der Waals surface area contributed by atoms with Gasteiger partial charge in [-0.1, -0.05) is 51.9 Å². The molecule has 0 amide bonds. The third-order valence-electron chi connectivity index (χ3n) is 3.85. The smallest absolute Gasteiger partial charge is 0.0207 e. The van der Waals surface area contributed by atoms with E-state index in [1.165, 1.54) is 77.4 Å². The van der Waals surface area contributed by atoms with Crippen LogP contribution in [-0.2, 0) is 0 Å². The largest absolute Gasteiger partial charge is 0.313 e. The highest BCUT2D eigenvalue weighted by atomic mass is 15.2. The third-order valence-corrected chi connectivity index (χ3v) is 3.85. The molecule has 1 unspecified atom stereocenters. The molecule has 1 aliphatic rings. The van der Waals surface area contributed by atoms with Crippen LogP contribution in [0, 0.1) is 0 Å². The quantitative estimate of drug-likeness (QED) is 0.589. The van der Waals surface area contributed by atoms with Crippen molar-refractivity contribution in [3.8, 4) is 0 Å². The average Bonchev–Trinajstić information content (AvgIpc) is 2.73. The molecule has 1 saturated heterocycles. The standard InChI is InChI=1S/C15H32N2/c1-3-4-5-6-7-8-9-10-12-16-15-11-13-17(2)14-15/h15-16H,3-14H2,1-2H3. The van der Waals surface area contributed by atoms with Gasteiger partial charge in [0, 0.05) is 12.6 Å². The molecule has 1 heterocycles. The SMILES string of the molecule is CCCCCCCCCCNC1CCN(C)C1. The Kier molecular flexibility index (Phi) is 8.72. The Bertz CT molecular complexity index is 170. The summed E-state index contributed by atoms with van der Waals surface area (Å²) in [6, 6.07) is 0.768. The van der Waals surface area contributed by atoms with Gasteiger partial charge in [0.25, 0.3) is 0 Å². The Morgan fingerprint density at radius 3 is 2.24 bits per heavy atom. The number of likely N-dealkylation sites (N-methyl/N-ethyl adjacent to an activating group) is 1. The van der Waals surface area contributed by atoms with Crippen LogP contribution in [0.3, 0.4) is 0 Å². The van der Waals surface area contributed by atoms with Crippen molar-refractivity contribution in [3.05, 3.63) is 0 Å². The summed E-state index contributed by atoms with van der Waals surface area (Å²) in [4.78, 5) is 2.42. The maximum Gasteiger partial charge on any atom is 0.0207 e. The van der Waals surface area contributed by atoms with Crippen LogP contribution in [0.25, 0.3) is 0 Å². The fourth-order valence-electron chi connectivity index (χ4n) is 2.67. The Balaban J connectivity index is 1.75. The molecule has 1 fully saturated rings. The van der Waals surface area contributed by atoms with Gasteiger partial charge in [-0.25, -0.2) is 0 Å². The molecule has 0 radical (unpaired) electrons. The second-order valence-electron chi connectivity index (χ2n) is 5.68.